The molecule has 0 amide bonds. The van der Waals surface area contributed by atoms with E-state index in [0.717, 1.165) is 11.1 Å². The second-order valence-corrected chi connectivity index (χ2v) is 3.75. The maximum absolute atomic E-state index is 11.2. The van der Waals surface area contributed by atoms with Crippen molar-refractivity contribution in [3.63, 3.8) is 0 Å². The molecule has 0 radical (unpaired) electrons. The molecular weight excluding hydrogens is 228 g/mol. The maximum Gasteiger partial charge on any atom is 0.337 e. The van der Waals surface area contributed by atoms with Gasteiger partial charge in [-0.2, -0.15) is 0 Å². The Morgan fingerprint density at radius 3 is 2.56 bits per heavy atom. The van der Waals surface area contributed by atoms with Gasteiger partial charge >= 0.3 is 5.97 Å². The number of halogens is 1. The van der Waals surface area contributed by atoms with E-state index in [4.69, 9.17) is 11.6 Å². The predicted molar refractivity (Wildman–Crippen MR) is 61.9 cm³/mol. The van der Waals surface area contributed by atoms with Gasteiger partial charge in [-0.15, -0.1) is 11.6 Å². The molecule has 0 saturated carbocycles. The van der Waals surface area contributed by atoms with Crippen LogP contribution >= 0.6 is 11.6 Å². The quantitative estimate of drug-likeness (QED) is 0.598. The van der Waals surface area contributed by atoms with E-state index in [1.54, 1.807) is 18.2 Å². The number of ether oxygens (including phenoxy) is 1. The van der Waals surface area contributed by atoms with Crippen molar-refractivity contribution in [2.24, 2.45) is 0 Å². The van der Waals surface area contributed by atoms with Gasteiger partial charge in [0, 0.05) is 6.42 Å². The minimum atomic E-state index is -0.377. The SMILES string of the molecule is COC(=O)c1ccc(CC(=O)CCl)c(C)c1. The summed E-state index contributed by atoms with van der Waals surface area (Å²) in [6, 6.07) is 5.12. The van der Waals surface area contributed by atoms with Crippen molar-refractivity contribution >= 4 is 23.4 Å². The topological polar surface area (TPSA) is 43.4 Å². The van der Waals surface area contributed by atoms with Gasteiger partial charge < -0.3 is 4.74 Å². The molecule has 0 fully saturated rings. The molecule has 0 N–H and O–H groups in total. The highest BCUT2D eigenvalue weighted by molar-refractivity contribution is 6.27. The van der Waals surface area contributed by atoms with Crippen LogP contribution in [0.1, 0.15) is 21.5 Å². The number of benzene rings is 1. The first kappa shape index (κ1) is 12.7. The third kappa shape index (κ3) is 3.07. The molecule has 0 spiro atoms. The third-order valence-corrected chi connectivity index (χ3v) is 2.60. The predicted octanol–water partition coefficient (Wildman–Crippen LogP) is 2.13. The Bertz CT molecular complexity index is 413. The zero-order valence-electron chi connectivity index (χ0n) is 9.25. The zero-order chi connectivity index (χ0) is 12.1. The van der Waals surface area contributed by atoms with Crippen LogP contribution in [0.25, 0.3) is 0 Å². The number of Topliss-reactive ketones (excluding diaryl/α,β-unsaturated/α-hetero) is 1. The Balaban J connectivity index is 2.91. The first-order valence-electron chi connectivity index (χ1n) is 4.84. The summed E-state index contributed by atoms with van der Waals surface area (Å²) in [7, 11) is 1.34. The summed E-state index contributed by atoms with van der Waals surface area (Å²) in [6.07, 6.45) is 0.302. The average molecular weight is 241 g/mol. The molecule has 16 heavy (non-hydrogen) atoms. The second kappa shape index (κ2) is 5.66. The normalized spacial score (nSPS) is 9.94. The molecule has 0 saturated heterocycles. The molecule has 4 heteroatoms. The number of esters is 1. The summed E-state index contributed by atoms with van der Waals surface area (Å²) in [6.45, 7) is 1.85. The van der Waals surface area contributed by atoms with E-state index in [9.17, 15) is 9.59 Å². The first-order valence-corrected chi connectivity index (χ1v) is 5.37. The molecule has 1 rings (SSSR count). The standard InChI is InChI=1S/C12H13ClO3/c1-8-5-10(12(15)16-2)4-3-9(8)6-11(14)7-13/h3-5H,6-7H2,1-2H3. The van der Waals surface area contributed by atoms with Crippen LogP contribution in [-0.4, -0.2) is 24.7 Å². The van der Waals surface area contributed by atoms with E-state index in [-0.39, 0.29) is 17.6 Å². The molecule has 0 heterocycles. The Hall–Kier alpha value is -1.35. The highest BCUT2D eigenvalue weighted by Gasteiger charge is 2.09. The molecule has 0 aromatic heterocycles. The fourth-order valence-corrected chi connectivity index (χ4v) is 1.49. The molecule has 1 aromatic rings. The lowest BCUT2D eigenvalue weighted by Crippen LogP contribution is -2.07. The lowest BCUT2D eigenvalue weighted by molar-refractivity contribution is -0.116. The van der Waals surface area contributed by atoms with E-state index < -0.39 is 0 Å². The summed E-state index contributed by atoms with van der Waals surface area (Å²) in [5, 5.41) is 0. The molecule has 0 bridgehead atoms. The average Bonchev–Trinajstić information content (AvgIpc) is 2.30. The summed E-state index contributed by atoms with van der Waals surface area (Å²) >= 11 is 5.43. The molecule has 86 valence electrons. The molecule has 1 aromatic carbocycles. The van der Waals surface area contributed by atoms with E-state index in [1.807, 2.05) is 6.92 Å². The van der Waals surface area contributed by atoms with Crippen molar-refractivity contribution in [3.05, 3.63) is 34.9 Å². The lowest BCUT2D eigenvalue weighted by Gasteiger charge is -2.06. The number of carbonyl (C=O) groups excluding carboxylic acids is 2. The van der Waals surface area contributed by atoms with Crippen molar-refractivity contribution in [1.82, 2.24) is 0 Å². The van der Waals surface area contributed by atoms with Crippen LogP contribution in [-0.2, 0) is 16.0 Å². The zero-order valence-corrected chi connectivity index (χ0v) is 10.0. The van der Waals surface area contributed by atoms with Crippen molar-refractivity contribution in [3.8, 4) is 0 Å². The number of hydrogen-bond acceptors (Lipinski definition) is 3. The number of methoxy groups -OCH3 is 1. The minimum absolute atomic E-state index is 0.0121. The number of ketones is 1. The lowest BCUT2D eigenvalue weighted by atomic mass is 10.0. The Labute approximate surface area is 99.4 Å². The highest BCUT2D eigenvalue weighted by atomic mass is 35.5. The van der Waals surface area contributed by atoms with Crippen LogP contribution in [0.5, 0.6) is 0 Å². The van der Waals surface area contributed by atoms with Gasteiger partial charge in [-0.25, -0.2) is 4.79 Å². The van der Waals surface area contributed by atoms with Gasteiger partial charge in [0.05, 0.1) is 18.6 Å². The van der Waals surface area contributed by atoms with Crippen LogP contribution in [0.2, 0.25) is 0 Å². The van der Waals surface area contributed by atoms with Crippen molar-refractivity contribution in [2.45, 2.75) is 13.3 Å². The Morgan fingerprint density at radius 2 is 2.06 bits per heavy atom. The largest absolute Gasteiger partial charge is 0.465 e. The minimum Gasteiger partial charge on any atom is -0.465 e. The van der Waals surface area contributed by atoms with Gasteiger partial charge in [0.1, 0.15) is 0 Å². The Morgan fingerprint density at radius 1 is 1.38 bits per heavy atom. The number of hydrogen-bond donors (Lipinski definition) is 0. The van der Waals surface area contributed by atoms with Crippen LogP contribution in [0, 0.1) is 6.92 Å². The Kier molecular flexibility index (Phi) is 4.50. The van der Waals surface area contributed by atoms with Crippen LogP contribution < -0.4 is 0 Å². The molecule has 0 atom stereocenters. The summed E-state index contributed by atoms with van der Waals surface area (Å²) in [5.41, 5.74) is 2.27. The van der Waals surface area contributed by atoms with Crippen LogP contribution in [0.3, 0.4) is 0 Å². The van der Waals surface area contributed by atoms with Crippen LogP contribution in [0.4, 0.5) is 0 Å². The second-order valence-electron chi connectivity index (χ2n) is 3.48. The number of carbonyl (C=O) groups is 2. The van der Waals surface area contributed by atoms with E-state index >= 15 is 0 Å². The van der Waals surface area contributed by atoms with Gasteiger partial charge in [0.15, 0.2) is 5.78 Å². The van der Waals surface area contributed by atoms with E-state index in [2.05, 4.69) is 4.74 Å². The van der Waals surface area contributed by atoms with Crippen LogP contribution in [0.15, 0.2) is 18.2 Å². The number of rotatable bonds is 4. The number of alkyl halides is 1. The smallest absolute Gasteiger partial charge is 0.337 e. The summed E-state index contributed by atoms with van der Waals surface area (Å²) in [4.78, 5) is 22.4. The van der Waals surface area contributed by atoms with Gasteiger partial charge in [-0.1, -0.05) is 6.07 Å². The molecule has 3 nitrogen and oxygen atoms in total. The first-order chi connectivity index (χ1) is 7.58. The van der Waals surface area contributed by atoms with Crippen molar-refractivity contribution in [1.29, 1.82) is 0 Å². The van der Waals surface area contributed by atoms with E-state index in [0.29, 0.717) is 12.0 Å². The maximum atomic E-state index is 11.2. The van der Waals surface area contributed by atoms with Gasteiger partial charge in [0.25, 0.3) is 0 Å². The highest BCUT2D eigenvalue weighted by Crippen LogP contribution is 2.13. The van der Waals surface area contributed by atoms with E-state index in [1.165, 1.54) is 7.11 Å². The summed E-state index contributed by atoms with van der Waals surface area (Å²) < 4.78 is 4.61. The van der Waals surface area contributed by atoms with Gasteiger partial charge in [-0.3, -0.25) is 4.79 Å². The molecule has 0 unspecified atom stereocenters. The third-order valence-electron chi connectivity index (χ3n) is 2.30. The molecule has 0 aliphatic rings. The number of aryl methyl sites for hydroxylation is 1. The summed E-state index contributed by atoms with van der Waals surface area (Å²) in [5.74, 6) is -0.396. The van der Waals surface area contributed by atoms with Crippen molar-refractivity contribution in [2.75, 3.05) is 13.0 Å². The molecular formula is C12H13ClO3. The molecule has 0 aliphatic carbocycles. The van der Waals surface area contributed by atoms with Gasteiger partial charge in [0.2, 0.25) is 0 Å². The fourth-order valence-electron chi connectivity index (χ4n) is 1.40. The monoisotopic (exact) mass is 240 g/mol. The van der Waals surface area contributed by atoms with Crippen molar-refractivity contribution < 1.29 is 14.3 Å². The fraction of sp³-hybridized carbons (Fsp3) is 0.333. The van der Waals surface area contributed by atoms with Gasteiger partial charge in [-0.05, 0) is 30.2 Å². The molecule has 0 aliphatic heterocycles.